The van der Waals surface area contributed by atoms with E-state index in [1.807, 2.05) is 60.8 Å². The minimum atomic E-state index is -0.265. The van der Waals surface area contributed by atoms with Gasteiger partial charge in [0.1, 0.15) is 17.1 Å². The van der Waals surface area contributed by atoms with Crippen molar-refractivity contribution in [2.45, 2.75) is 26.2 Å². The smallest absolute Gasteiger partial charge is 0.140 e. The van der Waals surface area contributed by atoms with Crippen LogP contribution in [0.5, 0.6) is 5.75 Å². The Morgan fingerprint density at radius 2 is 1.42 bits per heavy atom. The van der Waals surface area contributed by atoms with Crippen molar-refractivity contribution < 1.29 is 26.2 Å². The van der Waals surface area contributed by atoms with E-state index in [0.29, 0.717) is 11.2 Å². The number of aromatic hydroxyl groups is 1. The molecule has 1 N–H and O–H groups in total. The summed E-state index contributed by atoms with van der Waals surface area (Å²) in [6, 6.07) is 49.0. The van der Waals surface area contributed by atoms with Crippen LogP contribution in [0.25, 0.3) is 22.2 Å². The Morgan fingerprint density at radius 1 is 0.729 bits per heavy atom. The van der Waals surface area contributed by atoms with Gasteiger partial charge >= 0.3 is 0 Å². The molecule has 8 rings (SSSR count). The zero-order valence-electron chi connectivity index (χ0n) is 26.8. The number of fused-ring (bicyclic) bond motifs is 3. The number of phenols is 1. The first kappa shape index (κ1) is 31.4. The van der Waals surface area contributed by atoms with E-state index in [0.717, 1.165) is 56.3 Å². The van der Waals surface area contributed by atoms with Crippen LogP contribution in [0.4, 0.5) is 34.3 Å². The first-order valence-electron chi connectivity index (χ1n) is 15.8. The summed E-state index contributed by atoms with van der Waals surface area (Å²) in [5, 5.41) is 12.0. The van der Waals surface area contributed by atoms with Crippen molar-refractivity contribution in [2.75, 3.05) is 9.80 Å². The molecular weight excluding hydrogens is 772 g/mol. The fourth-order valence-corrected chi connectivity index (χ4v) is 6.78. The molecule has 238 valence electrons. The Labute approximate surface area is 295 Å². The zero-order valence-corrected chi connectivity index (χ0v) is 29.1. The number of aryl methyl sites for hydroxylation is 1. The van der Waals surface area contributed by atoms with Gasteiger partial charge in [-0.15, -0.1) is 23.8 Å². The van der Waals surface area contributed by atoms with Crippen molar-refractivity contribution in [1.82, 2.24) is 9.97 Å². The number of pyridine rings is 2. The third-order valence-corrected chi connectivity index (χ3v) is 9.11. The number of para-hydroxylation sites is 4. The summed E-state index contributed by atoms with van der Waals surface area (Å²) in [5.74, 6) is 0.969. The second-order valence-corrected chi connectivity index (χ2v) is 12.5. The molecule has 0 fully saturated rings. The molecule has 0 aliphatic carbocycles. The van der Waals surface area contributed by atoms with E-state index < -0.39 is 0 Å². The van der Waals surface area contributed by atoms with E-state index >= 15 is 0 Å². The van der Waals surface area contributed by atoms with Crippen molar-refractivity contribution in [3.05, 3.63) is 162 Å². The van der Waals surface area contributed by atoms with E-state index in [2.05, 4.69) is 109 Å². The minimum Gasteiger partial charge on any atom is -0.506 e. The molecule has 7 aromatic rings. The normalized spacial score (nSPS) is 12.9. The molecule has 3 heterocycles. The van der Waals surface area contributed by atoms with Crippen LogP contribution in [0.1, 0.15) is 30.5 Å². The molecule has 1 aliphatic rings. The zero-order chi connectivity index (χ0) is 32.1. The van der Waals surface area contributed by atoms with E-state index in [4.69, 9.17) is 9.97 Å². The molecule has 2 aromatic heterocycles. The summed E-state index contributed by atoms with van der Waals surface area (Å²) in [5.41, 5.74) is 10.3. The van der Waals surface area contributed by atoms with Gasteiger partial charge < -0.3 is 14.9 Å². The fourth-order valence-electron chi connectivity index (χ4n) is 6.78. The Kier molecular flexibility index (Phi) is 8.10. The third-order valence-electron chi connectivity index (χ3n) is 9.11. The number of benzene rings is 5. The van der Waals surface area contributed by atoms with Crippen molar-refractivity contribution in [3.8, 4) is 17.0 Å². The molecule has 0 saturated heterocycles. The van der Waals surface area contributed by atoms with Gasteiger partial charge in [-0.2, -0.15) is 0 Å². The molecule has 0 spiro atoms. The number of hydrogen-bond donors (Lipinski definition) is 1. The molecule has 0 bridgehead atoms. The van der Waals surface area contributed by atoms with Gasteiger partial charge in [0, 0.05) is 55.4 Å². The number of anilines is 6. The van der Waals surface area contributed by atoms with Gasteiger partial charge in [0.2, 0.25) is 0 Å². The van der Waals surface area contributed by atoms with Crippen molar-refractivity contribution in [2.24, 2.45) is 0 Å². The molecule has 0 radical (unpaired) electrons. The van der Waals surface area contributed by atoms with Crippen LogP contribution < -0.4 is 9.80 Å². The molecule has 0 unspecified atom stereocenters. The summed E-state index contributed by atoms with van der Waals surface area (Å²) < 4.78 is 0. The van der Waals surface area contributed by atoms with Gasteiger partial charge in [-0.3, -0.25) is 4.98 Å². The SMILES string of the molecule is Cc1ccnc(N2c3[c-]c(-c4cc(N(c5ccccc5)c5ccccc5)c5cccc(O)c5n4)ccc3C(C)(C)c3ccccc32)c1.[Pt]. The second-order valence-electron chi connectivity index (χ2n) is 12.5. The average Bonchev–Trinajstić information content (AvgIpc) is 3.10. The minimum absolute atomic E-state index is 0. The van der Waals surface area contributed by atoms with Gasteiger partial charge in [0.05, 0.1) is 0 Å². The van der Waals surface area contributed by atoms with Crippen molar-refractivity contribution in [1.29, 1.82) is 0 Å². The number of phenolic OH excluding ortho intramolecular Hbond substituents is 1. The monoisotopic (exact) mass is 804 g/mol. The topological polar surface area (TPSA) is 52.5 Å². The predicted molar refractivity (Wildman–Crippen MR) is 192 cm³/mol. The quantitative estimate of drug-likeness (QED) is 0.176. The fraction of sp³-hybridized carbons (Fsp3) is 0.0952. The predicted octanol–water partition coefficient (Wildman–Crippen LogP) is 10.7. The van der Waals surface area contributed by atoms with Crippen molar-refractivity contribution in [3.63, 3.8) is 0 Å². The summed E-state index contributed by atoms with van der Waals surface area (Å²) >= 11 is 0. The Hall–Kier alpha value is -5.25. The van der Waals surface area contributed by atoms with Crippen LogP contribution >= 0.6 is 0 Å². The number of hydrogen-bond acceptors (Lipinski definition) is 5. The van der Waals surface area contributed by atoms with Gasteiger partial charge in [-0.25, -0.2) is 4.98 Å². The average molecular weight is 805 g/mol. The second kappa shape index (κ2) is 12.4. The van der Waals surface area contributed by atoms with Gasteiger partial charge in [-0.05, 0) is 83.4 Å². The maximum Gasteiger partial charge on any atom is 0.140 e. The first-order chi connectivity index (χ1) is 22.9. The van der Waals surface area contributed by atoms with Crippen molar-refractivity contribution >= 4 is 45.2 Å². The molecule has 0 saturated carbocycles. The van der Waals surface area contributed by atoms with Gasteiger partial charge in [-0.1, -0.05) is 92.2 Å². The van der Waals surface area contributed by atoms with Crippen LogP contribution in [-0.2, 0) is 26.5 Å². The molecule has 5 aromatic carbocycles. The van der Waals surface area contributed by atoms with E-state index in [1.165, 1.54) is 5.56 Å². The number of aromatic nitrogens is 2. The van der Waals surface area contributed by atoms with E-state index in [9.17, 15) is 5.11 Å². The first-order valence-corrected chi connectivity index (χ1v) is 15.8. The summed E-state index contributed by atoms with van der Waals surface area (Å²) in [4.78, 5) is 14.3. The van der Waals surface area contributed by atoms with Crippen LogP contribution in [0, 0.1) is 13.0 Å². The maximum absolute atomic E-state index is 11.2. The Morgan fingerprint density at radius 3 is 2.12 bits per heavy atom. The summed E-state index contributed by atoms with van der Waals surface area (Å²) in [7, 11) is 0. The summed E-state index contributed by atoms with van der Waals surface area (Å²) in [6.07, 6.45) is 1.86. The van der Waals surface area contributed by atoms with Crippen LogP contribution in [0.15, 0.2) is 140 Å². The maximum atomic E-state index is 11.2. The Bertz CT molecular complexity index is 2230. The molecular formula is C42H33N4OPt-. The molecule has 48 heavy (non-hydrogen) atoms. The molecule has 0 amide bonds. The Balaban J connectivity index is 0.00000364. The molecule has 1 aliphatic heterocycles. The van der Waals surface area contributed by atoms with Crippen LogP contribution in [-0.4, -0.2) is 15.1 Å². The molecule has 6 heteroatoms. The van der Waals surface area contributed by atoms with Gasteiger partial charge in [0.15, 0.2) is 0 Å². The van der Waals surface area contributed by atoms with Gasteiger partial charge in [0.25, 0.3) is 0 Å². The third kappa shape index (κ3) is 5.25. The largest absolute Gasteiger partial charge is 0.506 e. The van der Waals surface area contributed by atoms with E-state index in [1.54, 1.807) is 6.07 Å². The standard InChI is InChI=1S/C42H33N4O.Pt/c1-28-23-24-43-40(25-28)46-36-19-11-10-18-33(36)42(2,3)34-22-21-29(26-38(34)46)35-27-37(32-17-12-20-39(47)41(32)44-35)45(30-13-6-4-7-14-30)31-15-8-5-9-16-31;/h4-25,27,47H,1-3H3;/q-1;. The number of nitrogens with zero attached hydrogens (tertiary/aromatic N) is 4. The molecule has 5 nitrogen and oxygen atoms in total. The summed E-state index contributed by atoms with van der Waals surface area (Å²) in [6.45, 7) is 6.62. The molecule has 0 atom stereocenters. The number of rotatable bonds is 5. The van der Waals surface area contributed by atoms with E-state index in [-0.39, 0.29) is 32.2 Å². The van der Waals surface area contributed by atoms with Crippen LogP contribution in [0.3, 0.4) is 0 Å². The van der Waals surface area contributed by atoms with Crippen LogP contribution in [0.2, 0.25) is 0 Å².